The van der Waals surface area contributed by atoms with Crippen LogP contribution in [0.25, 0.3) is 0 Å². The molecule has 0 aliphatic rings. The maximum absolute atomic E-state index is 12.1. The minimum atomic E-state index is -0.519. The molecule has 108 valence electrons. The van der Waals surface area contributed by atoms with Crippen LogP contribution in [0.2, 0.25) is 0 Å². The lowest BCUT2D eigenvalue weighted by Crippen LogP contribution is -2.14. The van der Waals surface area contributed by atoms with Gasteiger partial charge in [-0.2, -0.15) is 0 Å². The van der Waals surface area contributed by atoms with Crippen LogP contribution in [0, 0.1) is 0 Å². The van der Waals surface area contributed by atoms with E-state index in [0.717, 1.165) is 5.56 Å². The highest BCUT2D eigenvalue weighted by atomic mass is 16.5. The first-order valence-electron chi connectivity index (χ1n) is 6.39. The molecule has 0 saturated carbocycles. The first kappa shape index (κ1) is 14.7. The Morgan fingerprint density at radius 2 is 1.76 bits per heavy atom. The number of anilines is 1. The molecule has 5 nitrogen and oxygen atoms in total. The number of nitrogens with two attached hydrogens (primary N) is 1. The van der Waals surface area contributed by atoms with Gasteiger partial charge in [0.15, 0.2) is 0 Å². The second-order valence-electron chi connectivity index (χ2n) is 4.53. The van der Waals surface area contributed by atoms with Crippen LogP contribution in [0.15, 0.2) is 48.5 Å². The van der Waals surface area contributed by atoms with Crippen LogP contribution in [0.4, 0.5) is 5.69 Å². The summed E-state index contributed by atoms with van der Waals surface area (Å²) in [5.41, 5.74) is 7.64. The fourth-order valence-electron chi connectivity index (χ4n) is 1.89. The van der Waals surface area contributed by atoms with E-state index >= 15 is 0 Å². The molecule has 0 aliphatic heterocycles. The first-order chi connectivity index (χ1) is 10.1. The fourth-order valence-corrected chi connectivity index (χ4v) is 1.89. The van der Waals surface area contributed by atoms with Crippen molar-refractivity contribution < 1.29 is 14.3 Å². The van der Waals surface area contributed by atoms with Crippen LogP contribution in [-0.4, -0.2) is 18.9 Å². The molecule has 0 fully saturated rings. The Balaban J connectivity index is 2.10. The topological polar surface area (TPSA) is 81.4 Å². The van der Waals surface area contributed by atoms with E-state index in [1.807, 2.05) is 18.2 Å². The molecule has 0 atom stereocenters. The Hall–Kier alpha value is -2.66. The van der Waals surface area contributed by atoms with Gasteiger partial charge in [0.1, 0.15) is 0 Å². The van der Waals surface area contributed by atoms with Gasteiger partial charge in [-0.1, -0.05) is 12.1 Å². The SMILES string of the molecule is COCc1cccc(NC(=O)c2ccc(C(N)=O)cc2)c1. The summed E-state index contributed by atoms with van der Waals surface area (Å²) in [6.07, 6.45) is 0. The highest BCUT2D eigenvalue weighted by molar-refractivity contribution is 6.05. The third-order valence-corrected chi connectivity index (χ3v) is 2.93. The number of primary amides is 1. The number of carbonyl (C=O) groups is 2. The van der Waals surface area contributed by atoms with Crippen LogP contribution < -0.4 is 11.1 Å². The predicted octanol–water partition coefficient (Wildman–Crippen LogP) is 2.18. The molecule has 3 N–H and O–H groups in total. The van der Waals surface area contributed by atoms with Crippen molar-refractivity contribution in [1.29, 1.82) is 0 Å². The average Bonchev–Trinajstić information content (AvgIpc) is 2.48. The molecule has 0 bridgehead atoms. The molecule has 5 heteroatoms. The number of rotatable bonds is 5. The monoisotopic (exact) mass is 284 g/mol. The number of carbonyl (C=O) groups excluding carboxylic acids is 2. The summed E-state index contributed by atoms with van der Waals surface area (Å²) >= 11 is 0. The van der Waals surface area contributed by atoms with Crippen molar-refractivity contribution in [3.05, 3.63) is 65.2 Å². The Morgan fingerprint density at radius 1 is 1.10 bits per heavy atom. The average molecular weight is 284 g/mol. The molecule has 0 unspecified atom stereocenters. The predicted molar refractivity (Wildman–Crippen MR) is 80.1 cm³/mol. The van der Waals surface area contributed by atoms with Gasteiger partial charge in [-0.3, -0.25) is 9.59 Å². The number of nitrogens with one attached hydrogen (secondary N) is 1. The Kier molecular flexibility index (Phi) is 4.68. The lowest BCUT2D eigenvalue weighted by Gasteiger charge is -2.07. The largest absolute Gasteiger partial charge is 0.380 e. The highest BCUT2D eigenvalue weighted by Crippen LogP contribution is 2.13. The van der Waals surface area contributed by atoms with Gasteiger partial charge in [-0.25, -0.2) is 0 Å². The molecule has 0 spiro atoms. The molecule has 2 aromatic carbocycles. The van der Waals surface area contributed by atoms with Crippen LogP contribution in [0.3, 0.4) is 0 Å². The van der Waals surface area contributed by atoms with Gasteiger partial charge >= 0.3 is 0 Å². The van der Waals surface area contributed by atoms with Gasteiger partial charge in [0.25, 0.3) is 5.91 Å². The number of hydrogen-bond donors (Lipinski definition) is 2. The Morgan fingerprint density at radius 3 is 2.38 bits per heavy atom. The lowest BCUT2D eigenvalue weighted by atomic mass is 10.1. The number of ether oxygens (including phenoxy) is 1. The second kappa shape index (κ2) is 6.67. The van der Waals surface area contributed by atoms with E-state index < -0.39 is 5.91 Å². The summed E-state index contributed by atoms with van der Waals surface area (Å²) < 4.78 is 5.05. The zero-order valence-electron chi connectivity index (χ0n) is 11.6. The highest BCUT2D eigenvalue weighted by Gasteiger charge is 2.07. The van der Waals surface area contributed by atoms with Crippen LogP contribution >= 0.6 is 0 Å². The van der Waals surface area contributed by atoms with Gasteiger partial charge in [0, 0.05) is 23.9 Å². The van der Waals surface area contributed by atoms with Crippen molar-refractivity contribution in [2.45, 2.75) is 6.61 Å². The standard InChI is InChI=1S/C16H16N2O3/c1-21-10-11-3-2-4-14(9-11)18-16(20)13-7-5-12(6-8-13)15(17)19/h2-9H,10H2,1H3,(H2,17,19)(H,18,20). The molecule has 0 heterocycles. The van der Waals surface area contributed by atoms with Gasteiger partial charge in [0.05, 0.1) is 6.61 Å². The van der Waals surface area contributed by atoms with E-state index in [2.05, 4.69) is 5.32 Å². The van der Waals surface area contributed by atoms with Crippen molar-refractivity contribution in [2.24, 2.45) is 5.73 Å². The van der Waals surface area contributed by atoms with Crippen molar-refractivity contribution >= 4 is 17.5 Å². The zero-order valence-corrected chi connectivity index (χ0v) is 11.6. The van der Waals surface area contributed by atoms with E-state index in [0.29, 0.717) is 23.4 Å². The Labute approximate surface area is 122 Å². The minimum absolute atomic E-state index is 0.249. The summed E-state index contributed by atoms with van der Waals surface area (Å²) in [7, 11) is 1.62. The quantitative estimate of drug-likeness (QED) is 0.883. The maximum atomic E-state index is 12.1. The van der Waals surface area contributed by atoms with E-state index in [9.17, 15) is 9.59 Å². The van der Waals surface area contributed by atoms with Crippen LogP contribution in [0.1, 0.15) is 26.3 Å². The van der Waals surface area contributed by atoms with Crippen molar-refractivity contribution in [3.63, 3.8) is 0 Å². The molecular weight excluding hydrogens is 268 g/mol. The Bertz CT molecular complexity index is 651. The molecule has 2 rings (SSSR count). The zero-order chi connectivity index (χ0) is 15.2. The number of methoxy groups -OCH3 is 1. The second-order valence-corrected chi connectivity index (χ2v) is 4.53. The van der Waals surface area contributed by atoms with Crippen molar-refractivity contribution in [1.82, 2.24) is 0 Å². The van der Waals surface area contributed by atoms with E-state index in [1.54, 1.807) is 25.3 Å². The van der Waals surface area contributed by atoms with Gasteiger partial charge in [-0.05, 0) is 42.0 Å². The fraction of sp³-hybridized carbons (Fsp3) is 0.125. The summed E-state index contributed by atoms with van der Waals surface area (Å²) in [6.45, 7) is 0.483. The minimum Gasteiger partial charge on any atom is -0.380 e. The number of amides is 2. The van der Waals surface area contributed by atoms with Gasteiger partial charge in [0.2, 0.25) is 5.91 Å². The maximum Gasteiger partial charge on any atom is 0.255 e. The molecular formula is C16H16N2O3. The van der Waals surface area contributed by atoms with E-state index in [4.69, 9.17) is 10.5 Å². The van der Waals surface area contributed by atoms with Crippen molar-refractivity contribution in [2.75, 3.05) is 12.4 Å². The summed E-state index contributed by atoms with van der Waals surface area (Å²) in [6, 6.07) is 13.6. The molecule has 2 amide bonds. The van der Waals surface area contributed by atoms with Crippen molar-refractivity contribution in [3.8, 4) is 0 Å². The van der Waals surface area contributed by atoms with Crippen LogP contribution in [-0.2, 0) is 11.3 Å². The number of hydrogen-bond acceptors (Lipinski definition) is 3. The van der Waals surface area contributed by atoms with Gasteiger partial charge < -0.3 is 15.8 Å². The van der Waals surface area contributed by atoms with Gasteiger partial charge in [-0.15, -0.1) is 0 Å². The molecule has 0 saturated heterocycles. The summed E-state index contributed by atoms with van der Waals surface area (Å²) in [5, 5.41) is 2.80. The molecule has 0 aromatic heterocycles. The molecule has 0 radical (unpaired) electrons. The summed E-state index contributed by atoms with van der Waals surface area (Å²) in [4.78, 5) is 23.1. The molecule has 21 heavy (non-hydrogen) atoms. The number of benzene rings is 2. The molecule has 0 aliphatic carbocycles. The van der Waals surface area contributed by atoms with E-state index in [-0.39, 0.29) is 5.91 Å². The summed E-state index contributed by atoms with van der Waals surface area (Å²) in [5.74, 6) is -0.769. The smallest absolute Gasteiger partial charge is 0.255 e. The van der Waals surface area contributed by atoms with E-state index in [1.165, 1.54) is 12.1 Å². The third-order valence-electron chi connectivity index (χ3n) is 2.93. The normalized spacial score (nSPS) is 10.1. The lowest BCUT2D eigenvalue weighted by molar-refractivity contribution is 0.0995. The third kappa shape index (κ3) is 3.90. The molecule has 2 aromatic rings. The van der Waals surface area contributed by atoms with Crippen LogP contribution in [0.5, 0.6) is 0 Å². The first-order valence-corrected chi connectivity index (χ1v) is 6.39.